The van der Waals surface area contributed by atoms with Gasteiger partial charge in [-0.05, 0) is 40.7 Å². The fourth-order valence-corrected chi connectivity index (χ4v) is 3.47. The molecule has 3 aromatic rings. The van der Waals surface area contributed by atoms with Gasteiger partial charge >= 0.3 is 0 Å². The highest BCUT2D eigenvalue weighted by molar-refractivity contribution is 5.50. The summed E-state index contributed by atoms with van der Waals surface area (Å²) >= 11 is 0. The molecule has 0 aliphatic heterocycles. The Bertz CT molecular complexity index is 680. The average Bonchev–Trinajstić information content (AvgIpc) is 2.64. The highest BCUT2D eigenvalue weighted by atomic mass is 14.2. The second kappa shape index (κ2) is 7.28. The van der Waals surface area contributed by atoms with Gasteiger partial charge in [-0.25, -0.2) is 0 Å². The van der Waals surface area contributed by atoms with Gasteiger partial charge in [0.1, 0.15) is 0 Å². The Morgan fingerprint density at radius 3 is 1.39 bits per heavy atom. The minimum Gasteiger partial charge on any atom is -0.0622 e. The van der Waals surface area contributed by atoms with E-state index >= 15 is 0 Å². The lowest BCUT2D eigenvalue weighted by Gasteiger charge is -2.24. The third-order valence-corrected chi connectivity index (χ3v) is 4.60. The minimum absolute atomic E-state index is 0.309. The molecule has 116 valence electrons. The predicted octanol–water partition coefficient (Wildman–Crippen LogP) is 5.99. The summed E-state index contributed by atoms with van der Waals surface area (Å²) in [6.07, 6.45) is 2.14. The maximum absolute atomic E-state index is 2.29. The highest BCUT2D eigenvalue weighted by Gasteiger charge is 2.21. The Labute approximate surface area is 139 Å². The topological polar surface area (TPSA) is 0 Å². The fourth-order valence-electron chi connectivity index (χ4n) is 3.47. The fraction of sp³-hybridized carbons (Fsp3) is 0.217. The number of benzene rings is 3. The predicted molar refractivity (Wildman–Crippen MR) is 99.0 cm³/mol. The van der Waals surface area contributed by atoms with Crippen LogP contribution in [0.4, 0.5) is 0 Å². The van der Waals surface area contributed by atoms with E-state index in [-0.39, 0.29) is 0 Å². The molecule has 0 heterocycles. The van der Waals surface area contributed by atoms with Crippen molar-refractivity contribution in [3.8, 4) is 0 Å². The molecule has 0 N–H and O–H groups in total. The molecule has 0 heteroatoms. The van der Waals surface area contributed by atoms with E-state index in [9.17, 15) is 0 Å². The van der Waals surface area contributed by atoms with Crippen molar-refractivity contribution in [2.45, 2.75) is 32.6 Å². The molecular weight excluding hydrogens is 276 g/mol. The third-order valence-electron chi connectivity index (χ3n) is 4.60. The van der Waals surface area contributed by atoms with Crippen molar-refractivity contribution < 1.29 is 0 Å². The van der Waals surface area contributed by atoms with Gasteiger partial charge in [0.05, 0.1) is 0 Å². The Hall–Kier alpha value is -2.34. The van der Waals surface area contributed by atoms with Crippen molar-refractivity contribution in [2.24, 2.45) is 0 Å². The summed E-state index contributed by atoms with van der Waals surface area (Å²) in [5.74, 6) is 0.309. The van der Waals surface area contributed by atoms with Crippen LogP contribution in [0, 0.1) is 0 Å². The van der Waals surface area contributed by atoms with Gasteiger partial charge in [0, 0.05) is 5.92 Å². The smallest absolute Gasteiger partial charge is 0.0345 e. The molecule has 0 bridgehead atoms. The molecule has 3 aromatic carbocycles. The maximum Gasteiger partial charge on any atom is 0.0345 e. The van der Waals surface area contributed by atoms with Crippen LogP contribution in [0.15, 0.2) is 78.9 Å². The van der Waals surface area contributed by atoms with Crippen molar-refractivity contribution in [3.05, 3.63) is 107 Å². The van der Waals surface area contributed by atoms with Crippen LogP contribution in [0.5, 0.6) is 0 Å². The second-order valence-electron chi connectivity index (χ2n) is 5.95. The van der Waals surface area contributed by atoms with Gasteiger partial charge in [-0.3, -0.25) is 0 Å². The molecule has 0 spiro atoms. The van der Waals surface area contributed by atoms with Gasteiger partial charge in [0.15, 0.2) is 0 Å². The first-order valence-electron chi connectivity index (χ1n) is 8.55. The first-order chi connectivity index (χ1) is 11.3. The molecule has 3 rings (SSSR count). The van der Waals surface area contributed by atoms with E-state index in [0.717, 1.165) is 12.8 Å². The zero-order valence-electron chi connectivity index (χ0n) is 14.0. The van der Waals surface area contributed by atoms with E-state index in [1.807, 2.05) is 0 Å². The molecule has 23 heavy (non-hydrogen) atoms. The number of rotatable bonds is 5. The summed E-state index contributed by atoms with van der Waals surface area (Å²) in [7, 11) is 0. The van der Waals surface area contributed by atoms with Gasteiger partial charge in [-0.2, -0.15) is 0 Å². The third kappa shape index (κ3) is 3.22. The Morgan fingerprint density at radius 2 is 1.00 bits per heavy atom. The normalized spacial score (nSPS) is 10.9. The van der Waals surface area contributed by atoms with E-state index in [4.69, 9.17) is 0 Å². The SMILES string of the molecule is CCc1cccc(CC)c1C(c1ccccc1)c1ccccc1. The number of aryl methyl sites for hydroxylation is 2. The quantitative estimate of drug-likeness (QED) is 0.508. The van der Waals surface area contributed by atoms with Crippen LogP contribution in [0.1, 0.15) is 47.6 Å². The van der Waals surface area contributed by atoms with E-state index in [1.165, 1.54) is 27.8 Å². The standard InChI is InChI=1S/C23H24/c1-3-18-16-11-17-19(4-2)22(18)23(20-12-7-5-8-13-20)21-14-9-6-10-15-21/h5-17,23H,3-4H2,1-2H3. The molecule has 0 atom stereocenters. The molecule has 0 saturated heterocycles. The Morgan fingerprint density at radius 1 is 0.565 bits per heavy atom. The van der Waals surface area contributed by atoms with Gasteiger partial charge in [0.25, 0.3) is 0 Å². The molecule has 0 amide bonds. The van der Waals surface area contributed by atoms with Crippen LogP contribution in [-0.4, -0.2) is 0 Å². The lowest BCUT2D eigenvalue weighted by atomic mass is 9.79. The zero-order valence-corrected chi connectivity index (χ0v) is 14.0. The van der Waals surface area contributed by atoms with E-state index < -0.39 is 0 Å². The lowest BCUT2D eigenvalue weighted by molar-refractivity contribution is 0.904. The van der Waals surface area contributed by atoms with Gasteiger partial charge in [-0.1, -0.05) is 92.7 Å². The van der Waals surface area contributed by atoms with E-state index in [1.54, 1.807) is 0 Å². The summed E-state index contributed by atoms with van der Waals surface area (Å²) in [4.78, 5) is 0. The first kappa shape index (κ1) is 15.6. The second-order valence-corrected chi connectivity index (χ2v) is 5.95. The molecule has 0 radical (unpaired) electrons. The zero-order chi connectivity index (χ0) is 16.1. The number of hydrogen-bond acceptors (Lipinski definition) is 0. The average molecular weight is 300 g/mol. The van der Waals surface area contributed by atoms with Gasteiger partial charge in [-0.15, -0.1) is 0 Å². The van der Waals surface area contributed by atoms with Gasteiger partial charge in [0.2, 0.25) is 0 Å². The lowest BCUT2D eigenvalue weighted by Crippen LogP contribution is -2.09. The van der Waals surface area contributed by atoms with Crippen molar-refractivity contribution in [1.82, 2.24) is 0 Å². The molecular formula is C23H24. The summed E-state index contributed by atoms with van der Waals surface area (Å²) in [6, 6.07) is 28.6. The molecule has 0 unspecified atom stereocenters. The van der Waals surface area contributed by atoms with Gasteiger partial charge < -0.3 is 0 Å². The monoisotopic (exact) mass is 300 g/mol. The van der Waals surface area contributed by atoms with Crippen LogP contribution in [-0.2, 0) is 12.8 Å². The van der Waals surface area contributed by atoms with Crippen LogP contribution in [0.2, 0.25) is 0 Å². The van der Waals surface area contributed by atoms with Crippen molar-refractivity contribution in [1.29, 1.82) is 0 Å². The molecule has 0 saturated carbocycles. The molecule has 0 aliphatic rings. The summed E-state index contributed by atoms with van der Waals surface area (Å²) in [5, 5.41) is 0. The van der Waals surface area contributed by atoms with Crippen molar-refractivity contribution in [3.63, 3.8) is 0 Å². The molecule has 0 nitrogen and oxygen atoms in total. The summed E-state index contributed by atoms with van der Waals surface area (Å²) < 4.78 is 0. The van der Waals surface area contributed by atoms with Crippen LogP contribution < -0.4 is 0 Å². The van der Waals surface area contributed by atoms with Crippen molar-refractivity contribution >= 4 is 0 Å². The Balaban J connectivity index is 2.25. The molecule has 0 aromatic heterocycles. The van der Waals surface area contributed by atoms with E-state index in [2.05, 4.69) is 92.7 Å². The van der Waals surface area contributed by atoms with Crippen molar-refractivity contribution in [2.75, 3.05) is 0 Å². The van der Waals surface area contributed by atoms with Crippen LogP contribution in [0.25, 0.3) is 0 Å². The largest absolute Gasteiger partial charge is 0.0622 e. The molecule has 0 aliphatic carbocycles. The highest BCUT2D eigenvalue weighted by Crippen LogP contribution is 2.36. The first-order valence-corrected chi connectivity index (χ1v) is 8.55. The molecule has 0 fully saturated rings. The number of hydrogen-bond donors (Lipinski definition) is 0. The summed E-state index contributed by atoms with van der Waals surface area (Å²) in [6.45, 7) is 4.51. The maximum atomic E-state index is 2.29. The summed E-state index contributed by atoms with van der Waals surface area (Å²) in [5.41, 5.74) is 7.16. The van der Waals surface area contributed by atoms with Crippen LogP contribution in [0.3, 0.4) is 0 Å². The van der Waals surface area contributed by atoms with Crippen LogP contribution >= 0.6 is 0 Å². The minimum atomic E-state index is 0.309. The van der Waals surface area contributed by atoms with E-state index in [0.29, 0.717) is 5.92 Å². The Kier molecular flexibility index (Phi) is 4.92.